The lowest BCUT2D eigenvalue weighted by Crippen LogP contribution is -2.00. The van der Waals surface area contributed by atoms with Crippen LogP contribution in [0.15, 0.2) is 23.3 Å². The third-order valence-electron chi connectivity index (χ3n) is 1.82. The second-order valence-electron chi connectivity index (χ2n) is 3.20. The second kappa shape index (κ2) is 5.48. The predicted molar refractivity (Wildman–Crippen MR) is 62.5 cm³/mol. The van der Waals surface area contributed by atoms with Gasteiger partial charge in [-0.15, -0.1) is 0 Å². The Kier molecular flexibility index (Phi) is 4.02. The average molecular weight is 252 g/mol. The molecule has 1 N–H and O–H groups in total. The van der Waals surface area contributed by atoms with E-state index in [1.165, 1.54) is 6.92 Å². The van der Waals surface area contributed by atoms with E-state index in [1.807, 2.05) is 0 Å². The number of Topliss-reactive ketones (excluding diaryl/α,β-unsaturated/α-hetero) is 1. The van der Waals surface area contributed by atoms with E-state index >= 15 is 0 Å². The van der Waals surface area contributed by atoms with Crippen molar-refractivity contribution in [3.05, 3.63) is 38.4 Å². The van der Waals surface area contributed by atoms with E-state index < -0.39 is 21.2 Å². The molecule has 0 saturated carbocycles. The lowest BCUT2D eigenvalue weighted by molar-refractivity contribution is -0.393. The standard InChI is InChI=1S/C9H8N4O5/c1-6(14)5-10-11-8-3-2-7(12(15)16)4-9(8)13(17)18/h2-5,11H,1H3. The number of hydrazone groups is 1. The van der Waals surface area contributed by atoms with Gasteiger partial charge in [-0.05, 0) is 6.07 Å². The molecule has 0 bridgehead atoms. The van der Waals surface area contributed by atoms with Crippen LogP contribution in [0, 0.1) is 20.2 Å². The molecular weight excluding hydrogens is 244 g/mol. The van der Waals surface area contributed by atoms with Gasteiger partial charge in [0.15, 0.2) is 5.78 Å². The number of non-ortho nitro benzene ring substituents is 1. The molecule has 0 heterocycles. The molecule has 0 aromatic heterocycles. The summed E-state index contributed by atoms with van der Waals surface area (Å²) >= 11 is 0. The first-order valence-electron chi connectivity index (χ1n) is 4.64. The van der Waals surface area contributed by atoms with Gasteiger partial charge >= 0.3 is 5.69 Å². The lowest BCUT2D eigenvalue weighted by Gasteiger charge is -2.01. The van der Waals surface area contributed by atoms with Gasteiger partial charge in [-0.1, -0.05) is 0 Å². The van der Waals surface area contributed by atoms with Gasteiger partial charge in [-0.3, -0.25) is 30.4 Å². The monoisotopic (exact) mass is 252 g/mol. The zero-order valence-corrected chi connectivity index (χ0v) is 9.19. The SMILES string of the molecule is CC(=O)C=NNc1ccc([N+](=O)[O-])cc1[N+](=O)[O-]. The Bertz CT molecular complexity index is 540. The number of carbonyl (C=O) groups excluding carboxylic acids is 1. The maximum absolute atomic E-state index is 10.7. The van der Waals surface area contributed by atoms with Gasteiger partial charge in [-0.25, -0.2) is 0 Å². The highest BCUT2D eigenvalue weighted by Crippen LogP contribution is 2.28. The molecule has 1 aromatic rings. The number of benzene rings is 1. The van der Waals surface area contributed by atoms with Gasteiger partial charge in [0.05, 0.1) is 22.1 Å². The van der Waals surface area contributed by atoms with Crippen LogP contribution >= 0.6 is 0 Å². The van der Waals surface area contributed by atoms with Gasteiger partial charge < -0.3 is 0 Å². The smallest absolute Gasteiger partial charge is 0.293 e. The van der Waals surface area contributed by atoms with Crippen molar-refractivity contribution < 1.29 is 14.6 Å². The molecule has 0 radical (unpaired) electrons. The van der Waals surface area contributed by atoms with Crippen LogP contribution < -0.4 is 5.43 Å². The predicted octanol–water partition coefficient (Wildman–Crippen LogP) is 1.49. The summed E-state index contributed by atoms with van der Waals surface area (Å²) < 4.78 is 0. The zero-order valence-electron chi connectivity index (χ0n) is 9.19. The van der Waals surface area contributed by atoms with Gasteiger partial charge in [0.25, 0.3) is 5.69 Å². The topological polar surface area (TPSA) is 128 Å². The molecule has 18 heavy (non-hydrogen) atoms. The number of nitro benzene ring substituents is 2. The van der Waals surface area contributed by atoms with Gasteiger partial charge in [0, 0.05) is 13.0 Å². The number of anilines is 1. The fraction of sp³-hybridized carbons (Fsp3) is 0.111. The van der Waals surface area contributed by atoms with Crippen molar-refractivity contribution in [3.8, 4) is 0 Å². The number of hydrogen-bond acceptors (Lipinski definition) is 7. The minimum absolute atomic E-state index is 0.0388. The van der Waals surface area contributed by atoms with Crippen molar-refractivity contribution >= 4 is 29.1 Å². The first-order valence-corrected chi connectivity index (χ1v) is 4.64. The molecule has 0 atom stereocenters. The number of nitrogens with zero attached hydrogens (tertiary/aromatic N) is 3. The maximum Gasteiger partial charge on any atom is 0.301 e. The van der Waals surface area contributed by atoms with Crippen molar-refractivity contribution in [2.75, 3.05) is 5.43 Å². The van der Waals surface area contributed by atoms with Gasteiger partial charge in [0.2, 0.25) is 0 Å². The number of rotatable bonds is 5. The molecule has 0 aliphatic carbocycles. The molecular formula is C9H8N4O5. The average Bonchev–Trinajstić information content (AvgIpc) is 2.28. The summed E-state index contributed by atoms with van der Waals surface area (Å²) in [5.41, 5.74) is 1.34. The Morgan fingerprint density at radius 3 is 2.50 bits per heavy atom. The summed E-state index contributed by atoms with van der Waals surface area (Å²) in [5, 5.41) is 24.7. The third-order valence-corrected chi connectivity index (χ3v) is 1.82. The maximum atomic E-state index is 10.7. The lowest BCUT2D eigenvalue weighted by atomic mass is 10.2. The number of nitro groups is 2. The van der Waals surface area contributed by atoms with Crippen LogP contribution in [0.2, 0.25) is 0 Å². The van der Waals surface area contributed by atoms with Crippen LogP contribution in [0.4, 0.5) is 17.1 Å². The van der Waals surface area contributed by atoms with Crippen molar-refractivity contribution in [2.24, 2.45) is 5.10 Å². The highest BCUT2D eigenvalue weighted by molar-refractivity contribution is 6.26. The number of ketones is 1. The van der Waals surface area contributed by atoms with E-state index in [1.54, 1.807) is 0 Å². The van der Waals surface area contributed by atoms with Gasteiger partial charge in [0.1, 0.15) is 5.69 Å². The van der Waals surface area contributed by atoms with Crippen LogP contribution in [-0.2, 0) is 4.79 Å². The number of nitrogens with one attached hydrogen (secondary N) is 1. The summed E-state index contributed by atoms with van der Waals surface area (Å²) in [7, 11) is 0. The Morgan fingerprint density at radius 2 is 2.00 bits per heavy atom. The van der Waals surface area contributed by atoms with Crippen molar-refractivity contribution in [3.63, 3.8) is 0 Å². The molecule has 0 unspecified atom stereocenters. The van der Waals surface area contributed by atoms with Crippen molar-refractivity contribution in [2.45, 2.75) is 6.92 Å². The fourth-order valence-electron chi connectivity index (χ4n) is 1.07. The first kappa shape index (κ1) is 13.2. The van der Waals surface area contributed by atoms with E-state index in [9.17, 15) is 25.0 Å². The number of hydrogen-bond donors (Lipinski definition) is 1. The van der Waals surface area contributed by atoms with E-state index in [0.29, 0.717) is 0 Å². The summed E-state index contributed by atoms with van der Waals surface area (Å²) in [6.45, 7) is 1.26. The van der Waals surface area contributed by atoms with E-state index in [4.69, 9.17) is 0 Å². The molecule has 0 aliphatic heterocycles. The summed E-state index contributed by atoms with van der Waals surface area (Å²) in [6.07, 6.45) is 0.936. The summed E-state index contributed by atoms with van der Waals surface area (Å²) in [5.74, 6) is -0.341. The van der Waals surface area contributed by atoms with Crippen LogP contribution in [0.3, 0.4) is 0 Å². The highest BCUT2D eigenvalue weighted by Gasteiger charge is 2.18. The molecule has 1 rings (SSSR count). The Morgan fingerprint density at radius 1 is 1.33 bits per heavy atom. The molecule has 0 aliphatic rings. The summed E-state index contributed by atoms with van der Waals surface area (Å²) in [6, 6.07) is 3.05. The second-order valence-corrected chi connectivity index (χ2v) is 3.20. The molecule has 0 fully saturated rings. The van der Waals surface area contributed by atoms with Crippen LogP contribution in [0.25, 0.3) is 0 Å². The minimum Gasteiger partial charge on any atom is -0.293 e. The molecule has 0 saturated heterocycles. The fourth-order valence-corrected chi connectivity index (χ4v) is 1.07. The number of carbonyl (C=O) groups is 1. The minimum atomic E-state index is -0.779. The summed E-state index contributed by atoms with van der Waals surface area (Å²) in [4.78, 5) is 30.3. The quantitative estimate of drug-likeness (QED) is 0.480. The Balaban J connectivity index is 3.08. The zero-order chi connectivity index (χ0) is 13.7. The molecule has 0 amide bonds. The van der Waals surface area contributed by atoms with Crippen molar-refractivity contribution in [1.29, 1.82) is 0 Å². The highest BCUT2D eigenvalue weighted by atomic mass is 16.6. The first-order chi connectivity index (χ1) is 8.41. The van der Waals surface area contributed by atoms with Crippen LogP contribution in [-0.4, -0.2) is 21.8 Å². The van der Waals surface area contributed by atoms with Crippen LogP contribution in [0.5, 0.6) is 0 Å². The molecule has 1 aromatic carbocycles. The van der Waals surface area contributed by atoms with Crippen LogP contribution in [0.1, 0.15) is 6.92 Å². The van der Waals surface area contributed by atoms with Gasteiger partial charge in [-0.2, -0.15) is 5.10 Å². The largest absolute Gasteiger partial charge is 0.301 e. The van der Waals surface area contributed by atoms with Crippen molar-refractivity contribution in [1.82, 2.24) is 0 Å². The Labute approximate surface area is 100 Å². The van der Waals surface area contributed by atoms with E-state index in [2.05, 4.69) is 10.5 Å². The molecule has 9 nitrogen and oxygen atoms in total. The van der Waals surface area contributed by atoms with E-state index in [-0.39, 0.29) is 11.5 Å². The molecule has 0 spiro atoms. The molecule has 9 heteroatoms. The normalized spacial score (nSPS) is 10.3. The molecule has 94 valence electrons. The Hall–Kier alpha value is -2.84. The van der Waals surface area contributed by atoms with E-state index in [0.717, 1.165) is 24.4 Å². The third kappa shape index (κ3) is 3.33.